The zero-order valence-electron chi connectivity index (χ0n) is 47.0. The minimum absolute atomic E-state index is 0.0188. The molecule has 5 amide bonds. The molecule has 1 aliphatic heterocycles. The number of nitrogens with one attached hydrogen (secondary N) is 6. The lowest BCUT2D eigenvalue weighted by atomic mass is 9.90. The molecule has 1 heterocycles. The van der Waals surface area contributed by atoms with Gasteiger partial charge in [-0.05, 0) is 112 Å². The van der Waals surface area contributed by atoms with Crippen LogP contribution in [0, 0.1) is 0 Å². The summed E-state index contributed by atoms with van der Waals surface area (Å²) in [5, 5.41) is 38.9. The van der Waals surface area contributed by atoms with E-state index in [4.69, 9.17) is 45.3 Å². The largest absolute Gasteiger partial charge is 0.508 e. The van der Waals surface area contributed by atoms with Crippen LogP contribution in [0.25, 0.3) is 33.4 Å². The molecular weight excluding hydrogens is 1070 g/mol. The van der Waals surface area contributed by atoms with E-state index in [0.717, 1.165) is 51.4 Å². The first-order valence-corrected chi connectivity index (χ1v) is 28.6. The fourth-order valence-corrected chi connectivity index (χ4v) is 9.20. The Labute approximate surface area is 484 Å². The zero-order valence-corrected chi connectivity index (χ0v) is 47.8. The van der Waals surface area contributed by atoms with E-state index >= 15 is 0 Å². The van der Waals surface area contributed by atoms with Gasteiger partial charge in [0.05, 0.1) is 18.2 Å². The van der Waals surface area contributed by atoms with Gasteiger partial charge in [0.15, 0.2) is 22.5 Å². The molecule has 82 heavy (non-hydrogen) atoms. The quantitative estimate of drug-likeness (QED) is 0.00997. The molecular formula is C57H84N14O10S. The topological polar surface area (TPSA) is 403 Å². The highest BCUT2D eigenvalue weighted by Gasteiger charge is 2.25. The monoisotopic (exact) mass is 1160 g/mol. The molecule has 2 aromatic rings. The minimum Gasteiger partial charge on any atom is -0.508 e. The van der Waals surface area contributed by atoms with Crippen molar-refractivity contribution in [3.8, 4) is 28.2 Å². The highest BCUT2D eigenvalue weighted by molar-refractivity contribution is 7.80. The van der Waals surface area contributed by atoms with E-state index < -0.39 is 29.9 Å². The molecule has 1 aliphatic carbocycles. The minimum atomic E-state index is -1.18. The summed E-state index contributed by atoms with van der Waals surface area (Å²) >= 11 is 5.52. The molecule has 2 aromatic carbocycles. The van der Waals surface area contributed by atoms with Crippen LogP contribution in [0.4, 0.5) is 5.69 Å². The van der Waals surface area contributed by atoms with Gasteiger partial charge in [0.25, 0.3) is 0 Å². The number of fused-ring (bicyclic) bond motifs is 2. The van der Waals surface area contributed by atoms with Gasteiger partial charge in [-0.3, -0.25) is 38.8 Å². The number of unbranched alkanes of at least 4 members (excludes halogenated alkanes) is 9. The average Bonchev–Trinajstić information content (AvgIpc) is 3.53. The number of aromatic hydroxyl groups is 1. The molecule has 0 aromatic heterocycles. The third kappa shape index (κ3) is 24.3. The van der Waals surface area contributed by atoms with Crippen LogP contribution in [0.3, 0.4) is 0 Å². The van der Waals surface area contributed by atoms with E-state index in [2.05, 4.69) is 48.8 Å². The second-order valence-corrected chi connectivity index (χ2v) is 20.4. The number of hydrogen-bond donors (Lipinski definition) is 13. The van der Waals surface area contributed by atoms with Crippen LogP contribution in [0.5, 0.6) is 5.75 Å². The summed E-state index contributed by atoms with van der Waals surface area (Å²) in [6, 6.07) is 11.9. The number of phenolic OH excluding ortho intramolecular Hbond substituents is 1. The van der Waals surface area contributed by atoms with Crippen molar-refractivity contribution < 1.29 is 43.4 Å². The zero-order chi connectivity index (χ0) is 59.8. The number of amides is 5. The molecule has 0 saturated heterocycles. The summed E-state index contributed by atoms with van der Waals surface area (Å²) in [7, 11) is 0. The molecule has 0 spiro atoms. The van der Waals surface area contributed by atoms with E-state index in [1.165, 1.54) is 35.2 Å². The number of aromatic carboxylic acids is 1. The number of hydrogen-bond acceptors (Lipinski definition) is 13. The molecule has 24 nitrogen and oxygen atoms in total. The van der Waals surface area contributed by atoms with Gasteiger partial charge in [0.2, 0.25) is 29.5 Å². The molecule has 448 valence electrons. The number of benzene rings is 3. The number of thiocarbonyl (C=S) groups is 1. The third-order valence-corrected chi connectivity index (χ3v) is 13.6. The lowest BCUT2D eigenvalue weighted by Crippen LogP contribution is -2.51. The Morgan fingerprint density at radius 2 is 1.29 bits per heavy atom. The number of nitrogens with zero attached hydrogens (tertiary/aromatic N) is 3. The Hall–Kier alpha value is -8.06. The second-order valence-electron chi connectivity index (χ2n) is 20.0. The number of carboxylic acid groups (broad SMARTS) is 1. The van der Waals surface area contributed by atoms with Crippen molar-refractivity contribution in [3.63, 3.8) is 0 Å². The van der Waals surface area contributed by atoms with E-state index in [1.54, 1.807) is 24.3 Å². The Morgan fingerprint density at radius 1 is 0.671 bits per heavy atom. The first-order chi connectivity index (χ1) is 39.4. The predicted octanol–water partition coefficient (Wildman–Crippen LogP) is 3.83. The van der Waals surface area contributed by atoms with E-state index in [0.29, 0.717) is 104 Å². The number of anilines is 1. The molecule has 25 heteroatoms. The number of carbonyl (C=O) groups is 6. The van der Waals surface area contributed by atoms with E-state index in [1.807, 2.05) is 0 Å². The number of phenols is 1. The Bertz CT molecular complexity index is 2840. The SMILES string of the molecule is CCCCCCCNC(=O)CN(CCNC(=O)CCCCCCNC(=S)Nc1ccc(-c2c3ccc(=O)cc-3oc3cc(O)ccc23)c(C(=O)O)c1)C(=O)CCCCCNC(=O)C(CCCN=C(N)N)NC(=O)C(N)CCCN=C(N)N. The summed E-state index contributed by atoms with van der Waals surface area (Å²) in [6.45, 7) is 4.22. The van der Waals surface area contributed by atoms with Gasteiger partial charge in [-0.15, -0.1) is 0 Å². The maximum atomic E-state index is 13.5. The summed E-state index contributed by atoms with van der Waals surface area (Å²) in [6.07, 6.45) is 11.7. The lowest BCUT2D eigenvalue weighted by molar-refractivity contribution is -0.136. The van der Waals surface area contributed by atoms with Crippen LogP contribution in [-0.4, -0.2) is 132 Å². The van der Waals surface area contributed by atoms with Crippen LogP contribution in [-0.2, 0) is 24.0 Å². The Morgan fingerprint density at radius 3 is 1.99 bits per heavy atom. The first-order valence-electron chi connectivity index (χ1n) is 28.2. The number of aliphatic imine (C=N–C) groups is 2. The van der Waals surface area contributed by atoms with Gasteiger partial charge in [0, 0.05) is 93.0 Å². The van der Waals surface area contributed by atoms with Gasteiger partial charge < -0.3 is 80.1 Å². The predicted molar refractivity (Wildman–Crippen MR) is 323 cm³/mol. The highest BCUT2D eigenvalue weighted by atomic mass is 32.1. The molecule has 0 radical (unpaired) electrons. The average molecular weight is 1160 g/mol. The van der Waals surface area contributed by atoms with Crippen LogP contribution in [0.1, 0.15) is 133 Å². The van der Waals surface area contributed by atoms with Crippen LogP contribution >= 0.6 is 12.2 Å². The fraction of sp³-hybridized carbons (Fsp3) is 0.509. The molecule has 4 rings (SSSR count). The molecule has 2 atom stereocenters. The maximum Gasteiger partial charge on any atom is 0.336 e. The van der Waals surface area contributed by atoms with Crippen LogP contribution in [0.2, 0.25) is 0 Å². The smallest absolute Gasteiger partial charge is 0.336 e. The molecule has 0 bridgehead atoms. The summed E-state index contributed by atoms with van der Waals surface area (Å²) in [5.41, 5.74) is 29.5. The Balaban J connectivity index is 1.19. The fourth-order valence-electron chi connectivity index (χ4n) is 8.98. The van der Waals surface area contributed by atoms with Crippen molar-refractivity contribution in [2.45, 2.75) is 135 Å². The molecule has 2 unspecified atom stereocenters. The highest BCUT2D eigenvalue weighted by Crippen LogP contribution is 2.42. The molecule has 0 fully saturated rings. The number of rotatable bonds is 38. The standard InChI is InChI=1S/C57H84N14O10S/c1-2-3-4-6-11-26-63-49(75)36-71(50(76)19-10-8-13-27-65-53(78)45(17-15-30-67-56(61)62)70-52(77)44(58)16-14-29-66-55(59)60)32-31-64-48(74)18-9-5-7-12-28-68-57(82)69-37-20-23-40(43(33-37)54(79)80)51-41-24-21-38(72)34-46(41)81-47-35-39(73)22-25-42(47)51/h20-25,33-35,44-45,72H,2-19,26-32,36,58H2,1H3,(H,63,75)(H,64,74)(H,65,78)(H,70,77)(H,79,80)(H4,59,60,66)(H4,61,62,67)(H2,68,69,82). The number of nitrogens with two attached hydrogens (primary N) is 5. The van der Waals surface area contributed by atoms with Crippen molar-refractivity contribution in [2.24, 2.45) is 38.7 Å². The lowest BCUT2D eigenvalue weighted by Gasteiger charge is -2.23. The van der Waals surface area contributed by atoms with Crippen molar-refractivity contribution in [1.82, 2.24) is 31.5 Å². The van der Waals surface area contributed by atoms with Gasteiger partial charge in [-0.1, -0.05) is 57.9 Å². The van der Waals surface area contributed by atoms with Gasteiger partial charge in [0.1, 0.15) is 23.1 Å². The van der Waals surface area contributed by atoms with Gasteiger partial charge in [-0.2, -0.15) is 0 Å². The van der Waals surface area contributed by atoms with Crippen molar-refractivity contribution in [3.05, 3.63) is 70.4 Å². The number of carboxylic acids is 1. The van der Waals surface area contributed by atoms with Crippen molar-refractivity contribution >= 4 is 81.4 Å². The van der Waals surface area contributed by atoms with Crippen LogP contribution in [0.15, 0.2) is 73.8 Å². The van der Waals surface area contributed by atoms with Crippen LogP contribution < -0.4 is 66.0 Å². The maximum absolute atomic E-state index is 13.5. The molecule has 0 saturated carbocycles. The summed E-state index contributed by atoms with van der Waals surface area (Å²) in [4.78, 5) is 99.6. The Kier molecular flexibility index (Phi) is 29.4. The van der Waals surface area contributed by atoms with Crippen molar-refractivity contribution in [1.29, 1.82) is 0 Å². The third-order valence-electron chi connectivity index (χ3n) is 13.3. The number of carbonyl (C=O) groups excluding carboxylic acids is 5. The van der Waals surface area contributed by atoms with E-state index in [9.17, 15) is 43.8 Å². The normalized spacial score (nSPS) is 11.7. The first kappa shape index (κ1) is 66.5. The van der Waals surface area contributed by atoms with Gasteiger partial charge in [-0.25, -0.2) is 4.79 Å². The summed E-state index contributed by atoms with van der Waals surface area (Å²) in [5.74, 6) is -2.69. The van der Waals surface area contributed by atoms with Crippen molar-refractivity contribution in [2.75, 3.05) is 57.7 Å². The second kappa shape index (κ2) is 36.3. The van der Waals surface area contributed by atoms with Gasteiger partial charge >= 0.3 is 5.97 Å². The molecule has 2 aliphatic rings. The summed E-state index contributed by atoms with van der Waals surface area (Å²) < 4.78 is 5.92. The molecule has 18 N–H and O–H groups in total. The number of guanidine groups is 2. The van der Waals surface area contributed by atoms with E-state index in [-0.39, 0.29) is 103 Å².